The van der Waals surface area contributed by atoms with Gasteiger partial charge in [-0.25, -0.2) is 4.79 Å². The Kier molecular flexibility index (Phi) is 5.83. The Balaban J connectivity index is 2.18. The zero-order valence-electron chi connectivity index (χ0n) is 12.0. The lowest BCUT2D eigenvalue weighted by atomic mass is 10.1. The van der Waals surface area contributed by atoms with Crippen molar-refractivity contribution in [3.05, 3.63) is 74.2 Å². The van der Waals surface area contributed by atoms with Crippen molar-refractivity contribution in [2.24, 2.45) is 0 Å². The topological polar surface area (TPSA) is 43.4 Å². The SMILES string of the molecule is COC(=O)c1ccc(/C=C/C(=O)c2ccc(Cl)c(Cl)c2Cl)cc1. The number of esters is 1. The number of methoxy groups -OCH3 is 1. The molecule has 0 saturated carbocycles. The number of allylic oxidation sites excluding steroid dienone is 1. The van der Waals surface area contributed by atoms with Crippen LogP contribution in [0.1, 0.15) is 26.3 Å². The van der Waals surface area contributed by atoms with Gasteiger partial charge in [-0.1, -0.05) is 53.0 Å². The van der Waals surface area contributed by atoms with E-state index in [0.29, 0.717) is 5.56 Å². The van der Waals surface area contributed by atoms with Crippen LogP contribution >= 0.6 is 34.8 Å². The number of ketones is 1. The highest BCUT2D eigenvalue weighted by molar-refractivity contribution is 6.49. The predicted molar refractivity (Wildman–Crippen MR) is 92.6 cm³/mol. The molecule has 0 spiro atoms. The Morgan fingerprint density at radius 3 is 2.22 bits per heavy atom. The largest absolute Gasteiger partial charge is 0.465 e. The minimum absolute atomic E-state index is 0.120. The fourth-order valence-corrected chi connectivity index (χ4v) is 2.45. The van der Waals surface area contributed by atoms with Crippen molar-refractivity contribution < 1.29 is 14.3 Å². The number of hydrogen-bond donors (Lipinski definition) is 0. The van der Waals surface area contributed by atoms with Crippen LogP contribution in [0.4, 0.5) is 0 Å². The van der Waals surface area contributed by atoms with Gasteiger partial charge in [0.25, 0.3) is 0 Å². The number of hydrogen-bond acceptors (Lipinski definition) is 3. The second-order valence-electron chi connectivity index (χ2n) is 4.53. The number of rotatable bonds is 4. The van der Waals surface area contributed by atoms with Crippen LogP contribution in [0.5, 0.6) is 0 Å². The van der Waals surface area contributed by atoms with E-state index >= 15 is 0 Å². The van der Waals surface area contributed by atoms with Gasteiger partial charge in [0.15, 0.2) is 5.78 Å². The summed E-state index contributed by atoms with van der Waals surface area (Å²) in [4.78, 5) is 23.5. The number of carbonyl (C=O) groups is 2. The van der Waals surface area contributed by atoms with Gasteiger partial charge in [0.05, 0.1) is 27.7 Å². The number of benzene rings is 2. The Labute approximate surface area is 148 Å². The smallest absolute Gasteiger partial charge is 0.337 e. The minimum Gasteiger partial charge on any atom is -0.465 e. The van der Waals surface area contributed by atoms with Crippen LogP contribution in [-0.4, -0.2) is 18.9 Å². The molecular formula is C17H11Cl3O3. The van der Waals surface area contributed by atoms with Gasteiger partial charge in [-0.2, -0.15) is 0 Å². The molecule has 2 rings (SSSR count). The Bertz CT molecular complexity index is 780. The minimum atomic E-state index is -0.417. The second-order valence-corrected chi connectivity index (χ2v) is 5.70. The average Bonchev–Trinajstić information content (AvgIpc) is 2.57. The van der Waals surface area contributed by atoms with Gasteiger partial charge in [-0.05, 0) is 35.9 Å². The zero-order chi connectivity index (χ0) is 17.0. The lowest BCUT2D eigenvalue weighted by Gasteiger charge is -2.04. The number of ether oxygens (including phenoxy) is 1. The van der Waals surface area contributed by atoms with Crippen LogP contribution in [-0.2, 0) is 4.74 Å². The van der Waals surface area contributed by atoms with Crippen molar-refractivity contribution >= 4 is 52.6 Å². The maximum absolute atomic E-state index is 12.2. The van der Waals surface area contributed by atoms with Crippen LogP contribution < -0.4 is 0 Å². The Hall–Kier alpha value is -1.81. The van der Waals surface area contributed by atoms with Gasteiger partial charge in [0.1, 0.15) is 0 Å². The van der Waals surface area contributed by atoms with Crippen molar-refractivity contribution in [1.82, 2.24) is 0 Å². The summed E-state index contributed by atoms with van der Waals surface area (Å²) in [5, 5.41) is 0.556. The van der Waals surface area contributed by atoms with Crippen molar-refractivity contribution in [2.75, 3.05) is 7.11 Å². The molecular weight excluding hydrogens is 359 g/mol. The van der Waals surface area contributed by atoms with Crippen molar-refractivity contribution in [3.8, 4) is 0 Å². The summed E-state index contributed by atoms with van der Waals surface area (Å²) in [5.74, 6) is -0.718. The first-order chi connectivity index (χ1) is 10.9. The molecule has 118 valence electrons. The molecule has 0 unspecified atom stereocenters. The normalized spacial score (nSPS) is 10.8. The van der Waals surface area contributed by atoms with Crippen LogP contribution in [0.15, 0.2) is 42.5 Å². The first-order valence-corrected chi connectivity index (χ1v) is 7.61. The van der Waals surface area contributed by atoms with E-state index in [-0.39, 0.29) is 26.4 Å². The maximum atomic E-state index is 12.2. The number of halogens is 3. The second kappa shape index (κ2) is 7.64. The molecule has 23 heavy (non-hydrogen) atoms. The standard InChI is InChI=1S/C17H11Cl3O3/c1-23-17(22)11-5-2-10(3-6-11)4-9-14(21)12-7-8-13(18)16(20)15(12)19/h2-9H,1H3/b9-4+. The van der Waals surface area contributed by atoms with Crippen molar-refractivity contribution in [3.63, 3.8) is 0 Å². The predicted octanol–water partition coefficient (Wildman–Crippen LogP) is 5.33. The highest BCUT2D eigenvalue weighted by Gasteiger charge is 2.13. The number of carbonyl (C=O) groups excluding carboxylic acids is 2. The molecule has 2 aromatic carbocycles. The molecule has 0 fully saturated rings. The van der Waals surface area contributed by atoms with E-state index in [4.69, 9.17) is 34.8 Å². The van der Waals surface area contributed by atoms with Crippen molar-refractivity contribution in [2.45, 2.75) is 0 Å². The van der Waals surface area contributed by atoms with Gasteiger partial charge in [0, 0.05) is 5.56 Å². The molecule has 0 atom stereocenters. The molecule has 0 aromatic heterocycles. The molecule has 0 radical (unpaired) electrons. The molecule has 0 saturated heterocycles. The molecule has 0 aliphatic carbocycles. The quantitative estimate of drug-likeness (QED) is 0.317. The highest BCUT2D eigenvalue weighted by atomic mass is 35.5. The molecule has 0 aliphatic heterocycles. The summed E-state index contributed by atoms with van der Waals surface area (Å²) in [6.07, 6.45) is 2.99. The van der Waals surface area contributed by atoms with Gasteiger partial charge in [-0.15, -0.1) is 0 Å². The van der Waals surface area contributed by atoms with Crippen LogP contribution in [0, 0.1) is 0 Å². The third-order valence-electron chi connectivity index (χ3n) is 3.06. The molecule has 0 heterocycles. The average molecular weight is 370 g/mol. The molecule has 0 N–H and O–H groups in total. The molecule has 0 amide bonds. The lowest BCUT2D eigenvalue weighted by Crippen LogP contribution is -2.00. The van der Waals surface area contributed by atoms with Crippen LogP contribution in [0.3, 0.4) is 0 Å². The fraction of sp³-hybridized carbons (Fsp3) is 0.0588. The summed E-state index contributed by atoms with van der Waals surface area (Å²) in [6, 6.07) is 9.66. The zero-order valence-corrected chi connectivity index (χ0v) is 14.2. The molecule has 0 aliphatic rings. The highest BCUT2D eigenvalue weighted by Crippen LogP contribution is 2.33. The van der Waals surface area contributed by atoms with E-state index in [1.165, 1.54) is 25.3 Å². The van der Waals surface area contributed by atoms with E-state index in [1.54, 1.807) is 30.3 Å². The Morgan fingerprint density at radius 2 is 1.61 bits per heavy atom. The third kappa shape index (κ3) is 4.14. The van der Waals surface area contributed by atoms with E-state index in [2.05, 4.69) is 4.74 Å². The van der Waals surface area contributed by atoms with E-state index in [1.807, 2.05) is 0 Å². The summed E-state index contributed by atoms with van der Waals surface area (Å²) >= 11 is 17.8. The fourth-order valence-electron chi connectivity index (χ4n) is 1.83. The molecule has 6 heteroatoms. The first kappa shape index (κ1) is 17.5. The van der Waals surface area contributed by atoms with Gasteiger partial charge < -0.3 is 4.74 Å². The van der Waals surface area contributed by atoms with Gasteiger partial charge in [-0.3, -0.25) is 4.79 Å². The van der Waals surface area contributed by atoms with E-state index in [0.717, 1.165) is 5.56 Å². The summed E-state index contributed by atoms with van der Waals surface area (Å²) in [7, 11) is 1.32. The van der Waals surface area contributed by atoms with Crippen LogP contribution in [0.25, 0.3) is 6.08 Å². The molecule has 3 nitrogen and oxygen atoms in total. The van der Waals surface area contributed by atoms with E-state index in [9.17, 15) is 9.59 Å². The molecule has 0 bridgehead atoms. The third-order valence-corrected chi connectivity index (χ3v) is 4.35. The first-order valence-electron chi connectivity index (χ1n) is 6.48. The summed E-state index contributed by atoms with van der Waals surface area (Å²) < 4.78 is 4.62. The maximum Gasteiger partial charge on any atom is 0.337 e. The summed E-state index contributed by atoms with van der Waals surface area (Å²) in [5.41, 5.74) is 1.45. The van der Waals surface area contributed by atoms with Gasteiger partial charge >= 0.3 is 5.97 Å². The van der Waals surface area contributed by atoms with E-state index < -0.39 is 5.97 Å². The molecule has 2 aromatic rings. The van der Waals surface area contributed by atoms with Crippen LogP contribution in [0.2, 0.25) is 15.1 Å². The monoisotopic (exact) mass is 368 g/mol. The lowest BCUT2D eigenvalue weighted by molar-refractivity contribution is 0.0600. The van der Waals surface area contributed by atoms with Crippen molar-refractivity contribution in [1.29, 1.82) is 0 Å². The Morgan fingerprint density at radius 1 is 0.957 bits per heavy atom. The van der Waals surface area contributed by atoms with Gasteiger partial charge in [0.2, 0.25) is 0 Å². The summed E-state index contributed by atoms with van der Waals surface area (Å²) in [6.45, 7) is 0.